The number of anilines is 1. The first-order valence-corrected chi connectivity index (χ1v) is 15.4. The summed E-state index contributed by atoms with van der Waals surface area (Å²) in [6.45, 7) is 13.4. The van der Waals surface area contributed by atoms with Crippen LogP contribution >= 0.6 is 31.9 Å². The van der Waals surface area contributed by atoms with Gasteiger partial charge in [-0.15, -0.1) is 0 Å². The molecule has 0 spiro atoms. The lowest BCUT2D eigenvalue weighted by molar-refractivity contribution is 0.0695. The molecule has 236 valence electrons. The fourth-order valence-corrected chi connectivity index (χ4v) is 4.12. The Bertz CT molecular complexity index is 1460. The lowest BCUT2D eigenvalue weighted by Crippen LogP contribution is -2.32. The summed E-state index contributed by atoms with van der Waals surface area (Å²) in [5.74, 6) is -1.51. The van der Waals surface area contributed by atoms with Gasteiger partial charge in [-0.2, -0.15) is 0 Å². The Labute approximate surface area is 275 Å². The number of carboxylic acids is 1. The van der Waals surface area contributed by atoms with Gasteiger partial charge in [-0.1, -0.05) is 71.9 Å². The summed E-state index contributed by atoms with van der Waals surface area (Å²) < 4.78 is 6.34. The summed E-state index contributed by atoms with van der Waals surface area (Å²) in [4.78, 5) is 47.1. The van der Waals surface area contributed by atoms with Crippen LogP contribution in [0.15, 0.2) is 75.7 Å². The minimum atomic E-state index is -1.06. The quantitative estimate of drug-likeness (QED) is 0.186. The number of nitrogens with one attached hydrogen (secondary N) is 3. The van der Waals surface area contributed by atoms with E-state index in [9.17, 15) is 19.2 Å². The summed E-state index contributed by atoms with van der Waals surface area (Å²) >= 11 is 6.51. The van der Waals surface area contributed by atoms with Crippen LogP contribution in [-0.2, 0) is 11.3 Å². The fourth-order valence-electron chi connectivity index (χ4n) is 3.36. The van der Waals surface area contributed by atoms with Crippen LogP contribution in [0.5, 0.6) is 0 Å². The van der Waals surface area contributed by atoms with E-state index >= 15 is 0 Å². The Morgan fingerprint density at radius 1 is 0.727 bits per heavy atom. The minimum absolute atomic E-state index is 0.00660. The van der Waals surface area contributed by atoms with Gasteiger partial charge < -0.3 is 20.5 Å². The molecule has 0 bridgehead atoms. The molecular formula is C33H39Br2N3O6. The number of hydrogen-bond donors (Lipinski definition) is 4. The molecule has 3 aromatic rings. The number of carbonyl (C=O) groups is 4. The maximum Gasteiger partial charge on any atom is 0.411 e. The molecule has 0 aliphatic carbocycles. The number of halogens is 2. The van der Waals surface area contributed by atoms with Crippen LogP contribution in [-0.4, -0.2) is 42.1 Å². The van der Waals surface area contributed by atoms with Gasteiger partial charge in [-0.05, 0) is 84.7 Å². The van der Waals surface area contributed by atoms with Gasteiger partial charge in [-0.3, -0.25) is 14.9 Å². The molecule has 9 nitrogen and oxygen atoms in total. The monoisotopic (exact) mass is 731 g/mol. The highest BCUT2D eigenvalue weighted by molar-refractivity contribution is 9.11. The third-order valence-electron chi connectivity index (χ3n) is 5.70. The van der Waals surface area contributed by atoms with Gasteiger partial charge in [0.05, 0.1) is 11.3 Å². The molecule has 0 heterocycles. The van der Waals surface area contributed by atoms with Crippen LogP contribution in [0.4, 0.5) is 10.5 Å². The molecule has 3 amide bonds. The normalized spacial score (nSPS) is 11.0. The second-order valence-corrected chi connectivity index (χ2v) is 14.1. The van der Waals surface area contributed by atoms with Crippen LogP contribution in [0.1, 0.15) is 78.2 Å². The molecule has 0 fully saturated rings. The van der Waals surface area contributed by atoms with Gasteiger partial charge in [0.2, 0.25) is 0 Å². The van der Waals surface area contributed by atoms with Crippen molar-refractivity contribution in [2.24, 2.45) is 10.8 Å². The van der Waals surface area contributed by atoms with Gasteiger partial charge in [0.1, 0.15) is 6.61 Å². The van der Waals surface area contributed by atoms with E-state index in [1.807, 2.05) is 71.9 Å². The van der Waals surface area contributed by atoms with Crippen LogP contribution < -0.4 is 16.0 Å². The Morgan fingerprint density at radius 3 is 1.73 bits per heavy atom. The van der Waals surface area contributed by atoms with E-state index in [0.29, 0.717) is 38.8 Å². The van der Waals surface area contributed by atoms with Crippen molar-refractivity contribution in [1.82, 2.24) is 10.6 Å². The zero-order valence-corrected chi connectivity index (χ0v) is 28.9. The summed E-state index contributed by atoms with van der Waals surface area (Å²) in [6, 6.07) is 19.0. The molecule has 11 heteroatoms. The molecule has 0 unspecified atom stereocenters. The number of amides is 3. The third-order valence-corrected chi connectivity index (χ3v) is 7.08. The van der Waals surface area contributed by atoms with Crippen molar-refractivity contribution in [2.45, 2.75) is 48.1 Å². The van der Waals surface area contributed by atoms with Crippen molar-refractivity contribution in [3.63, 3.8) is 0 Å². The van der Waals surface area contributed by atoms with Crippen LogP contribution in [0.3, 0.4) is 0 Å². The second-order valence-electron chi connectivity index (χ2n) is 12.4. The van der Waals surface area contributed by atoms with Crippen molar-refractivity contribution in [3.8, 4) is 0 Å². The van der Waals surface area contributed by atoms with E-state index in [1.54, 1.807) is 30.3 Å². The predicted octanol–water partition coefficient (Wildman–Crippen LogP) is 7.90. The van der Waals surface area contributed by atoms with E-state index in [0.717, 1.165) is 5.56 Å². The Balaban J connectivity index is 0.000000329. The largest absolute Gasteiger partial charge is 0.478 e. The molecule has 0 atom stereocenters. The molecule has 0 radical (unpaired) electrons. The zero-order valence-electron chi connectivity index (χ0n) is 25.7. The van der Waals surface area contributed by atoms with Gasteiger partial charge in [-0.25, -0.2) is 9.59 Å². The molecule has 0 aliphatic heterocycles. The van der Waals surface area contributed by atoms with Crippen molar-refractivity contribution in [1.29, 1.82) is 0 Å². The number of benzene rings is 3. The SMILES string of the molecule is CC(C)(C)CNC(=O)c1ccc(Br)c(C(=O)O)c1.CC(C)(C)CNC(=O)c1ccc(Br)c(NC(=O)OCc2ccccc2)c1. The highest BCUT2D eigenvalue weighted by atomic mass is 79.9. The Morgan fingerprint density at radius 2 is 1.23 bits per heavy atom. The molecule has 44 heavy (non-hydrogen) atoms. The van der Waals surface area contributed by atoms with E-state index in [2.05, 4.69) is 47.8 Å². The molecule has 0 saturated heterocycles. The van der Waals surface area contributed by atoms with E-state index in [1.165, 1.54) is 6.07 Å². The Hall–Kier alpha value is -3.70. The fraction of sp³-hybridized carbons (Fsp3) is 0.333. The molecule has 4 N–H and O–H groups in total. The van der Waals surface area contributed by atoms with Crippen LogP contribution in [0.25, 0.3) is 0 Å². The number of aromatic carboxylic acids is 1. The molecule has 3 rings (SSSR count). The van der Waals surface area contributed by atoms with Gasteiger partial charge in [0.15, 0.2) is 0 Å². The third kappa shape index (κ3) is 13.3. The summed E-state index contributed by atoms with van der Waals surface area (Å²) in [6.07, 6.45) is -0.582. The first kappa shape index (κ1) is 36.5. The highest BCUT2D eigenvalue weighted by Gasteiger charge is 2.17. The zero-order chi connectivity index (χ0) is 33.1. The van der Waals surface area contributed by atoms with Crippen LogP contribution in [0, 0.1) is 10.8 Å². The van der Waals surface area contributed by atoms with E-state index in [-0.39, 0.29) is 34.8 Å². The summed E-state index contributed by atoms with van der Waals surface area (Å²) in [5, 5.41) is 17.3. The molecule has 3 aromatic carbocycles. The molecule has 0 aromatic heterocycles. The van der Waals surface area contributed by atoms with Crippen molar-refractivity contribution < 1.29 is 29.0 Å². The van der Waals surface area contributed by atoms with Gasteiger partial charge in [0.25, 0.3) is 11.8 Å². The topological polar surface area (TPSA) is 134 Å². The summed E-state index contributed by atoms with van der Waals surface area (Å²) in [5.41, 5.74) is 2.26. The molecule has 0 aliphatic rings. The van der Waals surface area contributed by atoms with Crippen molar-refractivity contribution in [2.75, 3.05) is 18.4 Å². The first-order chi connectivity index (χ1) is 20.4. The van der Waals surface area contributed by atoms with E-state index < -0.39 is 12.1 Å². The van der Waals surface area contributed by atoms with Crippen molar-refractivity contribution in [3.05, 3.63) is 97.9 Å². The molecule has 0 saturated carbocycles. The average Bonchev–Trinajstić information content (AvgIpc) is 2.95. The minimum Gasteiger partial charge on any atom is -0.478 e. The maximum atomic E-state index is 12.3. The number of carboxylic acid groups (broad SMARTS) is 1. The number of rotatable bonds is 8. The van der Waals surface area contributed by atoms with Gasteiger partial charge in [0, 0.05) is 33.2 Å². The standard InChI is InChI=1S/C20H23BrN2O3.C13H16BrNO3/c1-20(2,3)13-22-18(24)15-9-10-16(21)17(11-15)23-19(25)26-12-14-7-5-4-6-8-14;1-13(2,3)7-15-11(16)8-4-5-10(14)9(6-8)12(17)18/h4-11H,12-13H2,1-3H3,(H,22,24)(H,23,25);4-6H,7H2,1-3H3,(H,15,16)(H,17,18). The summed E-state index contributed by atoms with van der Waals surface area (Å²) in [7, 11) is 0. The van der Waals surface area contributed by atoms with E-state index in [4.69, 9.17) is 9.84 Å². The number of hydrogen-bond acceptors (Lipinski definition) is 5. The lowest BCUT2D eigenvalue weighted by Gasteiger charge is -2.19. The molecular weight excluding hydrogens is 694 g/mol. The van der Waals surface area contributed by atoms with Gasteiger partial charge >= 0.3 is 12.1 Å². The lowest BCUT2D eigenvalue weighted by atomic mass is 9.97. The number of ether oxygens (including phenoxy) is 1. The predicted molar refractivity (Wildman–Crippen MR) is 179 cm³/mol. The number of carbonyl (C=O) groups excluding carboxylic acids is 3. The second kappa shape index (κ2) is 16.4. The maximum absolute atomic E-state index is 12.3. The smallest absolute Gasteiger partial charge is 0.411 e. The highest BCUT2D eigenvalue weighted by Crippen LogP contribution is 2.24. The first-order valence-electron chi connectivity index (χ1n) is 13.8. The Kier molecular flexibility index (Phi) is 13.6. The van der Waals surface area contributed by atoms with Crippen LogP contribution in [0.2, 0.25) is 0 Å². The van der Waals surface area contributed by atoms with Crippen molar-refractivity contribution >= 4 is 61.4 Å². The average molecular weight is 733 g/mol.